The number of halogens is 2. The second-order valence-corrected chi connectivity index (χ2v) is 1.02. The lowest BCUT2D eigenvalue weighted by Crippen LogP contribution is -1.58. The molecule has 1 aromatic rings. The number of hydrogen-bond acceptors (Lipinski definition) is 1. The SMILES string of the molecule is BrI.c1ccncc1. The van der Waals surface area contributed by atoms with Crippen LogP contribution in [-0.2, 0) is 0 Å². The van der Waals surface area contributed by atoms with E-state index in [4.69, 9.17) is 0 Å². The van der Waals surface area contributed by atoms with E-state index in [0.717, 1.165) is 0 Å². The maximum absolute atomic E-state index is 3.78. The molecule has 0 spiro atoms. The predicted octanol–water partition coefficient (Wildman–Crippen LogP) is 2.81. The summed E-state index contributed by atoms with van der Waals surface area (Å²) in [6.45, 7) is 0. The fraction of sp³-hybridized carbons (Fsp3) is 0. The summed E-state index contributed by atoms with van der Waals surface area (Å²) in [5.74, 6) is 0. The standard InChI is InChI=1S/C5H5N.BrI/c1-2-4-6-5-3-1;1-2/h1-5H;. The van der Waals surface area contributed by atoms with Gasteiger partial charge in [0.2, 0.25) is 0 Å². The molecule has 0 aromatic carbocycles. The Morgan fingerprint density at radius 3 is 1.62 bits per heavy atom. The fourth-order valence-corrected chi connectivity index (χ4v) is 0.313. The molecular weight excluding hydrogens is 281 g/mol. The molecule has 0 N–H and O–H groups in total. The van der Waals surface area contributed by atoms with Crippen molar-refractivity contribution >= 4 is 33.1 Å². The molecule has 8 heavy (non-hydrogen) atoms. The first kappa shape index (κ1) is 8.36. The van der Waals surface area contributed by atoms with Crippen LogP contribution in [0.3, 0.4) is 0 Å². The molecule has 0 aliphatic rings. The van der Waals surface area contributed by atoms with Crippen LogP contribution >= 0.6 is 33.1 Å². The molecule has 1 nitrogen and oxygen atoms in total. The summed E-state index contributed by atoms with van der Waals surface area (Å²) in [4.78, 5) is 3.78. The summed E-state index contributed by atoms with van der Waals surface area (Å²) in [5, 5.41) is 0. The number of aromatic nitrogens is 1. The number of pyridine rings is 1. The second kappa shape index (κ2) is 7.36. The van der Waals surface area contributed by atoms with Crippen LogP contribution in [0.2, 0.25) is 0 Å². The highest BCUT2D eigenvalue weighted by Crippen LogP contribution is 1.87. The maximum atomic E-state index is 3.78. The molecule has 0 radical (unpaired) electrons. The minimum absolute atomic E-state index is 1.75. The zero-order chi connectivity index (χ0) is 6.24. The Morgan fingerprint density at radius 2 is 1.50 bits per heavy atom. The van der Waals surface area contributed by atoms with Crippen molar-refractivity contribution < 1.29 is 0 Å². The van der Waals surface area contributed by atoms with Crippen molar-refractivity contribution in [1.29, 1.82) is 0 Å². The van der Waals surface area contributed by atoms with E-state index in [2.05, 4.69) is 17.7 Å². The third kappa shape index (κ3) is 4.52. The average molecular weight is 286 g/mol. The summed E-state index contributed by atoms with van der Waals surface area (Å²) in [6.07, 6.45) is 3.50. The lowest BCUT2D eigenvalue weighted by Gasteiger charge is -1.70. The average Bonchev–Trinajstić information content (AvgIpc) is 1.96. The van der Waals surface area contributed by atoms with E-state index >= 15 is 0 Å². The summed E-state index contributed by atoms with van der Waals surface area (Å²) in [5.41, 5.74) is 0. The second-order valence-electron chi connectivity index (χ2n) is 1.02. The first-order chi connectivity index (χ1) is 4.00. The van der Waals surface area contributed by atoms with Gasteiger partial charge in [0.25, 0.3) is 0 Å². The molecule has 0 aliphatic carbocycles. The summed E-state index contributed by atoms with van der Waals surface area (Å²) in [6, 6.07) is 5.72. The molecule has 0 aliphatic heterocycles. The molecule has 1 aromatic heterocycles. The summed E-state index contributed by atoms with van der Waals surface area (Å²) < 4.78 is 0. The first-order valence-corrected chi connectivity index (χ1v) is 6.83. The largest absolute Gasteiger partial charge is 0.265 e. The highest BCUT2D eigenvalue weighted by Gasteiger charge is 1.58. The van der Waals surface area contributed by atoms with Crippen LogP contribution < -0.4 is 0 Å². The lowest BCUT2D eigenvalue weighted by molar-refractivity contribution is 1.33. The van der Waals surface area contributed by atoms with Crippen LogP contribution in [0, 0.1) is 0 Å². The molecule has 44 valence electrons. The molecule has 0 saturated heterocycles. The van der Waals surface area contributed by atoms with Gasteiger partial charge in [-0.15, -0.1) is 0 Å². The third-order valence-electron chi connectivity index (χ3n) is 0.566. The van der Waals surface area contributed by atoms with Gasteiger partial charge >= 0.3 is 0 Å². The van der Waals surface area contributed by atoms with Crippen molar-refractivity contribution in [2.75, 3.05) is 0 Å². The normalized spacial score (nSPS) is 6.75. The molecular formula is C5H5BrIN. The minimum Gasteiger partial charge on any atom is -0.265 e. The van der Waals surface area contributed by atoms with Crippen LogP contribution in [0.1, 0.15) is 0 Å². The van der Waals surface area contributed by atoms with E-state index in [1.54, 1.807) is 12.4 Å². The smallest absolute Gasteiger partial charge is 0.0267 e. The monoisotopic (exact) mass is 285 g/mol. The van der Waals surface area contributed by atoms with E-state index in [-0.39, 0.29) is 0 Å². The summed E-state index contributed by atoms with van der Waals surface area (Å²) in [7, 11) is 0. The molecule has 0 saturated carbocycles. The topological polar surface area (TPSA) is 12.9 Å². The van der Waals surface area contributed by atoms with E-state index in [0.29, 0.717) is 0 Å². The van der Waals surface area contributed by atoms with Crippen molar-refractivity contribution in [3.63, 3.8) is 0 Å². The van der Waals surface area contributed by atoms with Crippen LogP contribution in [0.4, 0.5) is 0 Å². The molecule has 3 heteroatoms. The Morgan fingerprint density at radius 1 is 1.00 bits per heavy atom. The van der Waals surface area contributed by atoms with Gasteiger partial charge in [-0.1, -0.05) is 6.07 Å². The van der Waals surface area contributed by atoms with E-state index in [1.807, 2.05) is 38.6 Å². The van der Waals surface area contributed by atoms with Crippen molar-refractivity contribution in [3.05, 3.63) is 30.6 Å². The van der Waals surface area contributed by atoms with Crippen molar-refractivity contribution in [1.82, 2.24) is 4.98 Å². The molecule has 0 amide bonds. The Balaban J connectivity index is 0.000000222. The molecule has 0 fully saturated rings. The van der Waals surface area contributed by atoms with Crippen molar-refractivity contribution in [2.45, 2.75) is 0 Å². The number of hydrogen-bond donors (Lipinski definition) is 0. The highest BCUT2D eigenvalue weighted by atomic mass is 127. The highest BCUT2D eigenvalue weighted by molar-refractivity contribution is 14.2. The lowest BCUT2D eigenvalue weighted by atomic mass is 10.5. The summed E-state index contributed by atoms with van der Waals surface area (Å²) >= 11 is 4.87. The van der Waals surface area contributed by atoms with Crippen molar-refractivity contribution in [2.24, 2.45) is 0 Å². The van der Waals surface area contributed by atoms with Crippen LogP contribution in [0.15, 0.2) is 30.6 Å². The first-order valence-electron chi connectivity index (χ1n) is 1.99. The van der Waals surface area contributed by atoms with Crippen molar-refractivity contribution in [3.8, 4) is 0 Å². The Labute approximate surface area is 68.4 Å². The van der Waals surface area contributed by atoms with E-state index < -0.39 is 0 Å². The number of rotatable bonds is 0. The van der Waals surface area contributed by atoms with E-state index in [1.165, 1.54) is 0 Å². The maximum Gasteiger partial charge on any atom is 0.0267 e. The molecule has 0 bridgehead atoms. The number of nitrogens with zero attached hydrogens (tertiary/aromatic N) is 1. The van der Waals surface area contributed by atoms with Gasteiger partial charge in [0.15, 0.2) is 0 Å². The Bertz CT molecular complexity index is 84.4. The van der Waals surface area contributed by atoms with Gasteiger partial charge in [-0.05, 0) is 24.8 Å². The van der Waals surface area contributed by atoms with Gasteiger partial charge in [0.1, 0.15) is 0 Å². The molecule has 1 heterocycles. The van der Waals surface area contributed by atoms with Crippen LogP contribution in [0.25, 0.3) is 0 Å². The van der Waals surface area contributed by atoms with Crippen LogP contribution in [-0.4, -0.2) is 4.98 Å². The quantitative estimate of drug-likeness (QED) is 0.668. The van der Waals surface area contributed by atoms with Gasteiger partial charge in [0.05, 0.1) is 0 Å². The molecule has 0 atom stereocenters. The van der Waals surface area contributed by atoms with Gasteiger partial charge < -0.3 is 0 Å². The van der Waals surface area contributed by atoms with Gasteiger partial charge in [-0.3, -0.25) is 4.98 Å². The van der Waals surface area contributed by atoms with Gasteiger partial charge in [0, 0.05) is 32.8 Å². The zero-order valence-electron chi connectivity index (χ0n) is 4.09. The van der Waals surface area contributed by atoms with Crippen LogP contribution in [0.5, 0.6) is 0 Å². The minimum atomic E-state index is 1.75. The predicted molar refractivity (Wildman–Crippen MR) is 47.2 cm³/mol. The fourth-order valence-electron chi connectivity index (χ4n) is 0.313. The van der Waals surface area contributed by atoms with E-state index in [9.17, 15) is 0 Å². The molecule has 0 unspecified atom stereocenters. The van der Waals surface area contributed by atoms with Gasteiger partial charge in [-0.2, -0.15) is 0 Å². The zero-order valence-corrected chi connectivity index (χ0v) is 7.83. The molecule has 1 rings (SSSR count). The van der Waals surface area contributed by atoms with Gasteiger partial charge in [-0.25, -0.2) is 0 Å². The Kier molecular flexibility index (Phi) is 7.69. The Hall–Kier alpha value is 0.360. The third-order valence-corrected chi connectivity index (χ3v) is 0.566.